The van der Waals surface area contributed by atoms with E-state index < -0.39 is 0 Å². The van der Waals surface area contributed by atoms with Crippen molar-refractivity contribution in [2.24, 2.45) is 0 Å². The number of nitrogens with one attached hydrogen (secondary N) is 1. The molecule has 0 unspecified atom stereocenters. The minimum Gasteiger partial charge on any atom is -0.383 e. The Hall–Kier alpha value is -0.360. The normalized spacial score (nSPS) is 11.9. The summed E-state index contributed by atoms with van der Waals surface area (Å²) in [6.45, 7) is 8.62. The third-order valence-corrected chi connectivity index (χ3v) is 3.39. The van der Waals surface area contributed by atoms with Crippen LogP contribution >= 0.6 is 22.6 Å². The Kier molecular flexibility index (Phi) is 5.19. The zero-order valence-electron chi connectivity index (χ0n) is 11.3. The van der Waals surface area contributed by atoms with Gasteiger partial charge in [-0.15, -0.1) is 0 Å². The van der Waals surface area contributed by atoms with E-state index in [0.29, 0.717) is 0 Å². The smallest absolute Gasteiger partial charge is 0.105 e. The molecule has 0 radical (unpaired) electrons. The van der Waals surface area contributed by atoms with Gasteiger partial charge in [0.25, 0.3) is 0 Å². The average Bonchev–Trinajstić information content (AvgIpc) is 2.18. The maximum atomic E-state index is 4.45. The van der Waals surface area contributed by atoms with Crippen LogP contribution in [0.2, 0.25) is 0 Å². The highest BCUT2D eigenvalue weighted by Crippen LogP contribution is 2.27. The molecule has 0 saturated heterocycles. The fourth-order valence-corrected chi connectivity index (χ4v) is 2.60. The van der Waals surface area contributed by atoms with Gasteiger partial charge in [-0.3, -0.25) is 0 Å². The van der Waals surface area contributed by atoms with Crippen LogP contribution in [0.15, 0.2) is 12.3 Å². The monoisotopic (exact) mass is 347 g/mol. The highest BCUT2D eigenvalue weighted by Gasteiger charge is 2.18. The number of halogens is 1. The van der Waals surface area contributed by atoms with E-state index in [4.69, 9.17) is 0 Å². The van der Waals surface area contributed by atoms with Gasteiger partial charge in [0, 0.05) is 13.1 Å². The average molecular weight is 347 g/mol. The van der Waals surface area contributed by atoms with E-state index in [9.17, 15) is 0 Å². The quantitative estimate of drug-likeness (QED) is 0.671. The van der Waals surface area contributed by atoms with Crippen LogP contribution in [0.4, 0.5) is 5.69 Å². The molecule has 0 aliphatic rings. The molecular weight excluding hydrogens is 325 g/mol. The Morgan fingerprint density at radius 1 is 1.35 bits per heavy atom. The highest BCUT2D eigenvalue weighted by molar-refractivity contribution is 14.1. The summed E-state index contributed by atoms with van der Waals surface area (Å²) in [6.07, 6.45) is 1.91. The van der Waals surface area contributed by atoms with Crippen molar-refractivity contribution in [3.8, 4) is 0 Å². The van der Waals surface area contributed by atoms with Crippen molar-refractivity contribution in [2.45, 2.75) is 26.2 Å². The lowest BCUT2D eigenvalue weighted by molar-refractivity contribution is 0.425. The molecule has 0 saturated carbocycles. The van der Waals surface area contributed by atoms with Gasteiger partial charge in [0.15, 0.2) is 0 Å². The largest absolute Gasteiger partial charge is 0.383 e. The number of pyridine rings is 1. The van der Waals surface area contributed by atoms with Crippen molar-refractivity contribution in [2.75, 3.05) is 32.5 Å². The minimum atomic E-state index is 0.142. The van der Waals surface area contributed by atoms with Gasteiger partial charge in [-0.05, 0) is 53.7 Å². The maximum absolute atomic E-state index is 4.45. The third kappa shape index (κ3) is 4.79. The van der Waals surface area contributed by atoms with Gasteiger partial charge in [-0.1, -0.05) is 20.8 Å². The molecule has 0 atom stereocenters. The molecule has 0 spiro atoms. The number of aromatic nitrogens is 1. The molecule has 0 bridgehead atoms. The first-order valence-electron chi connectivity index (χ1n) is 5.85. The van der Waals surface area contributed by atoms with E-state index in [1.54, 1.807) is 0 Å². The lowest BCUT2D eigenvalue weighted by Crippen LogP contribution is -2.21. The third-order valence-electron chi connectivity index (χ3n) is 2.54. The predicted molar refractivity (Wildman–Crippen MR) is 82.7 cm³/mol. The van der Waals surface area contributed by atoms with Crippen LogP contribution in [0.3, 0.4) is 0 Å². The second-order valence-corrected chi connectivity index (χ2v) is 6.56. The number of hydrogen-bond donors (Lipinski definition) is 1. The fraction of sp³-hybridized carbons (Fsp3) is 0.615. The molecule has 17 heavy (non-hydrogen) atoms. The van der Waals surface area contributed by atoms with Gasteiger partial charge in [0.05, 0.1) is 11.9 Å². The standard InChI is InChI=1S/C13H22IN3/c1-13(2,3)11-8-10(9-16-12(11)14)15-6-7-17(4)5/h8-9,15H,6-7H2,1-5H3. The van der Waals surface area contributed by atoms with E-state index in [1.807, 2.05) is 6.20 Å². The second kappa shape index (κ2) is 6.00. The molecule has 0 amide bonds. The van der Waals surface area contributed by atoms with E-state index in [2.05, 4.69) is 78.7 Å². The first-order valence-corrected chi connectivity index (χ1v) is 6.93. The molecule has 96 valence electrons. The van der Waals surface area contributed by atoms with Crippen LogP contribution in [-0.4, -0.2) is 37.1 Å². The molecule has 3 nitrogen and oxygen atoms in total. The molecule has 1 rings (SSSR count). The molecule has 1 heterocycles. The van der Waals surface area contributed by atoms with Crippen molar-refractivity contribution in [1.29, 1.82) is 0 Å². The molecule has 1 aromatic heterocycles. The maximum Gasteiger partial charge on any atom is 0.105 e. The van der Waals surface area contributed by atoms with Crippen LogP contribution in [0.25, 0.3) is 0 Å². The van der Waals surface area contributed by atoms with Crippen molar-refractivity contribution in [3.63, 3.8) is 0 Å². The Labute approximate surface area is 118 Å². The van der Waals surface area contributed by atoms with Gasteiger partial charge >= 0.3 is 0 Å². The molecular formula is C13H22IN3. The summed E-state index contributed by atoms with van der Waals surface area (Å²) in [5, 5.41) is 3.41. The van der Waals surface area contributed by atoms with Crippen molar-refractivity contribution in [1.82, 2.24) is 9.88 Å². The van der Waals surface area contributed by atoms with Gasteiger partial charge < -0.3 is 10.2 Å². The zero-order chi connectivity index (χ0) is 13.1. The van der Waals surface area contributed by atoms with Crippen molar-refractivity contribution in [3.05, 3.63) is 21.5 Å². The predicted octanol–water partition coefficient (Wildman–Crippen LogP) is 2.96. The first-order chi connectivity index (χ1) is 7.80. The SMILES string of the molecule is CN(C)CCNc1cnc(I)c(C(C)(C)C)c1. The number of hydrogen-bond acceptors (Lipinski definition) is 3. The Balaban J connectivity index is 2.76. The summed E-state index contributed by atoms with van der Waals surface area (Å²) >= 11 is 2.30. The Morgan fingerprint density at radius 2 is 2.00 bits per heavy atom. The van der Waals surface area contributed by atoms with E-state index in [-0.39, 0.29) is 5.41 Å². The summed E-state index contributed by atoms with van der Waals surface area (Å²) in [4.78, 5) is 6.62. The van der Waals surface area contributed by atoms with E-state index in [1.165, 1.54) is 5.56 Å². The van der Waals surface area contributed by atoms with Gasteiger partial charge in [-0.25, -0.2) is 4.98 Å². The first kappa shape index (κ1) is 14.7. The van der Waals surface area contributed by atoms with Crippen molar-refractivity contribution < 1.29 is 0 Å². The summed E-state index contributed by atoms with van der Waals surface area (Å²) in [5.74, 6) is 0. The van der Waals surface area contributed by atoms with Crippen LogP contribution < -0.4 is 5.32 Å². The second-order valence-electron chi connectivity index (χ2n) is 5.54. The summed E-state index contributed by atoms with van der Waals surface area (Å²) < 4.78 is 1.09. The van der Waals surface area contributed by atoms with E-state index in [0.717, 1.165) is 22.5 Å². The Morgan fingerprint density at radius 3 is 2.53 bits per heavy atom. The summed E-state index contributed by atoms with van der Waals surface area (Å²) in [6, 6.07) is 2.21. The van der Waals surface area contributed by atoms with Crippen LogP contribution in [0.5, 0.6) is 0 Å². The number of nitrogens with zero attached hydrogens (tertiary/aromatic N) is 2. The summed E-state index contributed by atoms with van der Waals surface area (Å²) in [5.41, 5.74) is 2.55. The topological polar surface area (TPSA) is 28.2 Å². The Bertz CT molecular complexity index is 369. The number of rotatable bonds is 4. The fourth-order valence-electron chi connectivity index (χ4n) is 1.49. The van der Waals surface area contributed by atoms with Crippen LogP contribution in [0, 0.1) is 3.70 Å². The van der Waals surface area contributed by atoms with E-state index >= 15 is 0 Å². The molecule has 0 fully saturated rings. The number of anilines is 1. The number of likely N-dealkylation sites (N-methyl/N-ethyl adjacent to an activating group) is 1. The minimum absolute atomic E-state index is 0.142. The lowest BCUT2D eigenvalue weighted by Gasteiger charge is -2.21. The van der Waals surface area contributed by atoms with Crippen LogP contribution in [0.1, 0.15) is 26.3 Å². The molecule has 0 aromatic carbocycles. The highest BCUT2D eigenvalue weighted by atomic mass is 127. The summed E-state index contributed by atoms with van der Waals surface area (Å²) in [7, 11) is 4.16. The van der Waals surface area contributed by atoms with Gasteiger partial charge in [0.2, 0.25) is 0 Å². The van der Waals surface area contributed by atoms with Gasteiger partial charge in [0.1, 0.15) is 3.70 Å². The molecule has 1 aromatic rings. The lowest BCUT2D eigenvalue weighted by atomic mass is 9.88. The zero-order valence-corrected chi connectivity index (χ0v) is 13.5. The molecule has 4 heteroatoms. The molecule has 0 aliphatic carbocycles. The van der Waals surface area contributed by atoms with Crippen LogP contribution in [-0.2, 0) is 5.41 Å². The molecule has 0 aliphatic heterocycles. The van der Waals surface area contributed by atoms with Gasteiger partial charge in [-0.2, -0.15) is 0 Å². The molecule has 1 N–H and O–H groups in total. The van der Waals surface area contributed by atoms with Crippen molar-refractivity contribution >= 4 is 28.3 Å².